The van der Waals surface area contributed by atoms with Crippen LogP contribution >= 0.6 is 0 Å². The number of hydrogen-bond donors (Lipinski definition) is 2. The second-order valence-corrected chi connectivity index (χ2v) is 3.88. The van der Waals surface area contributed by atoms with Gasteiger partial charge in [-0.3, -0.25) is 4.79 Å². The Bertz CT molecular complexity index is 570. The van der Waals surface area contributed by atoms with Crippen molar-refractivity contribution in [2.45, 2.75) is 6.04 Å². The number of carboxylic acids is 1. The van der Waals surface area contributed by atoms with Crippen molar-refractivity contribution >= 4 is 11.9 Å². The minimum absolute atomic E-state index is 0.207. The van der Waals surface area contributed by atoms with Gasteiger partial charge in [-0.05, 0) is 12.1 Å². The Morgan fingerprint density at radius 1 is 1.48 bits per heavy atom. The van der Waals surface area contributed by atoms with Crippen LogP contribution in [-0.2, 0) is 9.59 Å². The van der Waals surface area contributed by atoms with E-state index >= 15 is 0 Å². The average molecular weight is 296 g/mol. The SMILES string of the molecule is COc1cc(C#N)ccc1OCC(=O)NC(CF)C(=O)O. The summed E-state index contributed by atoms with van der Waals surface area (Å²) >= 11 is 0. The van der Waals surface area contributed by atoms with Crippen molar-refractivity contribution in [3.63, 3.8) is 0 Å². The van der Waals surface area contributed by atoms with Gasteiger partial charge in [0.15, 0.2) is 24.1 Å². The number of nitrogens with zero attached hydrogens (tertiary/aromatic N) is 1. The van der Waals surface area contributed by atoms with Crippen LogP contribution in [0.2, 0.25) is 0 Å². The highest BCUT2D eigenvalue weighted by Gasteiger charge is 2.20. The fourth-order valence-corrected chi connectivity index (χ4v) is 1.40. The lowest BCUT2D eigenvalue weighted by Crippen LogP contribution is -2.44. The molecule has 7 nitrogen and oxygen atoms in total. The Hall–Kier alpha value is -2.82. The summed E-state index contributed by atoms with van der Waals surface area (Å²) in [5.41, 5.74) is 0.354. The van der Waals surface area contributed by atoms with Crippen molar-refractivity contribution in [1.82, 2.24) is 5.32 Å². The maximum atomic E-state index is 12.3. The van der Waals surface area contributed by atoms with E-state index in [4.69, 9.17) is 19.8 Å². The number of halogens is 1. The lowest BCUT2D eigenvalue weighted by molar-refractivity contribution is -0.142. The summed E-state index contributed by atoms with van der Waals surface area (Å²) < 4.78 is 22.5. The van der Waals surface area contributed by atoms with Crippen molar-refractivity contribution < 1.29 is 28.6 Å². The molecule has 112 valence electrons. The van der Waals surface area contributed by atoms with Gasteiger partial charge in [-0.15, -0.1) is 0 Å². The topological polar surface area (TPSA) is 109 Å². The highest BCUT2D eigenvalue weighted by Crippen LogP contribution is 2.27. The molecular weight excluding hydrogens is 283 g/mol. The number of methoxy groups -OCH3 is 1. The molecule has 0 saturated heterocycles. The third-order valence-corrected chi connectivity index (χ3v) is 2.44. The molecule has 0 spiro atoms. The van der Waals surface area contributed by atoms with Gasteiger partial charge < -0.3 is 19.9 Å². The number of benzene rings is 1. The van der Waals surface area contributed by atoms with Gasteiger partial charge in [0.1, 0.15) is 6.67 Å². The number of carboxylic acid groups (broad SMARTS) is 1. The van der Waals surface area contributed by atoms with E-state index in [1.165, 1.54) is 25.3 Å². The van der Waals surface area contributed by atoms with Crippen LogP contribution in [0.15, 0.2) is 18.2 Å². The van der Waals surface area contributed by atoms with Crippen LogP contribution in [-0.4, -0.2) is 43.4 Å². The molecule has 0 saturated carbocycles. The standard InChI is InChI=1S/C13H13FN2O5/c1-20-11-4-8(6-15)2-3-10(11)21-7-12(17)16-9(5-14)13(18)19/h2-4,9H,5,7H2,1H3,(H,16,17)(H,18,19). The highest BCUT2D eigenvalue weighted by molar-refractivity contribution is 5.84. The second kappa shape index (κ2) is 7.69. The molecule has 0 radical (unpaired) electrons. The molecule has 0 aliphatic rings. The van der Waals surface area contributed by atoms with Crippen LogP contribution < -0.4 is 14.8 Å². The van der Waals surface area contributed by atoms with Gasteiger partial charge in [-0.2, -0.15) is 5.26 Å². The zero-order chi connectivity index (χ0) is 15.8. The lowest BCUT2D eigenvalue weighted by Gasteiger charge is -2.13. The molecular formula is C13H13FN2O5. The smallest absolute Gasteiger partial charge is 0.328 e. The van der Waals surface area contributed by atoms with E-state index in [0.29, 0.717) is 5.56 Å². The summed E-state index contributed by atoms with van der Waals surface area (Å²) in [5, 5.41) is 19.3. The van der Waals surface area contributed by atoms with E-state index < -0.39 is 31.2 Å². The van der Waals surface area contributed by atoms with Crippen LogP contribution in [0, 0.1) is 11.3 Å². The number of amides is 1. The Balaban J connectivity index is 2.65. The van der Waals surface area contributed by atoms with Crippen LogP contribution in [0.1, 0.15) is 5.56 Å². The minimum Gasteiger partial charge on any atom is -0.493 e. The Labute approximate surface area is 119 Å². The van der Waals surface area contributed by atoms with Crippen molar-refractivity contribution in [2.24, 2.45) is 0 Å². The molecule has 0 bridgehead atoms. The average Bonchev–Trinajstić information content (AvgIpc) is 2.49. The molecule has 0 aliphatic heterocycles. The van der Waals surface area contributed by atoms with Gasteiger partial charge in [0.05, 0.1) is 18.7 Å². The van der Waals surface area contributed by atoms with E-state index in [9.17, 15) is 14.0 Å². The number of rotatable bonds is 7. The lowest BCUT2D eigenvalue weighted by atomic mass is 10.2. The number of nitriles is 1. The summed E-state index contributed by atoms with van der Waals surface area (Å²) in [4.78, 5) is 22.0. The van der Waals surface area contributed by atoms with Gasteiger partial charge in [0.2, 0.25) is 0 Å². The first-order chi connectivity index (χ1) is 10.0. The number of hydrogen-bond acceptors (Lipinski definition) is 5. The quantitative estimate of drug-likeness (QED) is 0.757. The van der Waals surface area contributed by atoms with Crippen LogP contribution in [0.4, 0.5) is 4.39 Å². The molecule has 1 unspecified atom stereocenters. The molecule has 0 aromatic heterocycles. The fraction of sp³-hybridized carbons (Fsp3) is 0.308. The van der Waals surface area contributed by atoms with Gasteiger partial charge in [0, 0.05) is 6.07 Å². The normalized spacial score (nSPS) is 11.1. The molecule has 1 aromatic carbocycles. The van der Waals surface area contributed by atoms with Crippen LogP contribution in [0.3, 0.4) is 0 Å². The molecule has 1 atom stereocenters. The first-order valence-corrected chi connectivity index (χ1v) is 5.81. The molecule has 0 aliphatic carbocycles. The summed E-state index contributed by atoms with van der Waals surface area (Å²) in [6.45, 7) is -1.73. The predicted molar refractivity (Wildman–Crippen MR) is 68.7 cm³/mol. The van der Waals surface area contributed by atoms with Crippen molar-refractivity contribution in [3.05, 3.63) is 23.8 Å². The number of carbonyl (C=O) groups is 2. The Kier molecular flexibility index (Phi) is 5.95. The van der Waals surface area contributed by atoms with Gasteiger partial charge in [-0.25, -0.2) is 9.18 Å². The van der Waals surface area contributed by atoms with E-state index in [2.05, 4.69) is 0 Å². The number of nitrogens with one attached hydrogen (secondary N) is 1. The first kappa shape index (κ1) is 16.2. The highest BCUT2D eigenvalue weighted by atomic mass is 19.1. The van der Waals surface area contributed by atoms with Crippen molar-refractivity contribution in [2.75, 3.05) is 20.4 Å². The van der Waals surface area contributed by atoms with E-state index in [1.54, 1.807) is 0 Å². The Morgan fingerprint density at radius 3 is 2.71 bits per heavy atom. The van der Waals surface area contributed by atoms with Crippen LogP contribution in [0.5, 0.6) is 11.5 Å². The third kappa shape index (κ3) is 4.65. The second-order valence-electron chi connectivity index (χ2n) is 3.88. The Morgan fingerprint density at radius 2 is 2.19 bits per heavy atom. The van der Waals surface area contributed by atoms with E-state index in [0.717, 1.165) is 0 Å². The summed E-state index contributed by atoms with van der Waals surface area (Å²) in [5.74, 6) is -1.80. The zero-order valence-corrected chi connectivity index (χ0v) is 11.1. The van der Waals surface area contributed by atoms with Crippen molar-refractivity contribution in [1.29, 1.82) is 5.26 Å². The number of aliphatic carboxylic acids is 1. The van der Waals surface area contributed by atoms with Gasteiger partial charge in [-0.1, -0.05) is 0 Å². The third-order valence-electron chi connectivity index (χ3n) is 2.44. The predicted octanol–water partition coefficient (Wildman–Crippen LogP) is 0.485. The molecule has 1 rings (SSSR count). The van der Waals surface area contributed by atoms with E-state index in [1.807, 2.05) is 11.4 Å². The maximum absolute atomic E-state index is 12.3. The molecule has 1 aromatic rings. The number of alkyl halides is 1. The maximum Gasteiger partial charge on any atom is 0.328 e. The molecule has 0 heterocycles. The van der Waals surface area contributed by atoms with Crippen LogP contribution in [0.25, 0.3) is 0 Å². The summed E-state index contributed by atoms with van der Waals surface area (Å²) in [6.07, 6.45) is 0. The molecule has 8 heteroatoms. The molecule has 1 amide bonds. The summed E-state index contributed by atoms with van der Waals surface area (Å²) in [7, 11) is 1.37. The zero-order valence-electron chi connectivity index (χ0n) is 11.1. The number of carbonyl (C=O) groups excluding carboxylic acids is 1. The summed E-state index contributed by atoms with van der Waals surface area (Å²) in [6, 6.07) is 4.64. The number of ether oxygens (including phenoxy) is 2. The molecule has 0 fully saturated rings. The van der Waals surface area contributed by atoms with Gasteiger partial charge in [0.25, 0.3) is 5.91 Å². The molecule has 2 N–H and O–H groups in total. The van der Waals surface area contributed by atoms with Gasteiger partial charge >= 0.3 is 5.97 Å². The largest absolute Gasteiger partial charge is 0.493 e. The first-order valence-electron chi connectivity index (χ1n) is 5.81. The van der Waals surface area contributed by atoms with Crippen molar-refractivity contribution in [3.8, 4) is 17.6 Å². The molecule has 21 heavy (non-hydrogen) atoms. The van der Waals surface area contributed by atoms with E-state index in [-0.39, 0.29) is 11.5 Å². The fourth-order valence-electron chi connectivity index (χ4n) is 1.40. The minimum atomic E-state index is -1.61. The monoisotopic (exact) mass is 296 g/mol.